The Balaban J connectivity index is 1.94. The average molecular weight is 231 g/mol. The zero-order valence-electron chi connectivity index (χ0n) is 10.7. The molecular formula is C15H21NO. The molecule has 1 fully saturated rings. The van der Waals surface area contributed by atoms with E-state index in [0.29, 0.717) is 6.04 Å². The van der Waals surface area contributed by atoms with E-state index in [1.54, 1.807) is 0 Å². The van der Waals surface area contributed by atoms with Crippen molar-refractivity contribution in [1.82, 2.24) is 5.32 Å². The summed E-state index contributed by atoms with van der Waals surface area (Å²) in [5.74, 6) is 0. The van der Waals surface area contributed by atoms with E-state index in [0.717, 1.165) is 6.61 Å². The van der Waals surface area contributed by atoms with E-state index in [1.165, 1.54) is 30.4 Å². The molecule has 0 bridgehead atoms. The van der Waals surface area contributed by atoms with Gasteiger partial charge in [-0.1, -0.05) is 24.3 Å². The van der Waals surface area contributed by atoms with Gasteiger partial charge in [-0.3, -0.25) is 0 Å². The first-order valence-corrected chi connectivity index (χ1v) is 6.63. The molecule has 2 atom stereocenters. The standard InChI is InChI=1S/C15H21NO/c1-15(2)10-17-14-12-8-4-3-6-11(12)7-5-9-13(14)16-15/h3-4,6,8,13-14,16H,5,7,9-10H2,1-2H3. The summed E-state index contributed by atoms with van der Waals surface area (Å²) in [6.07, 6.45) is 3.91. The highest BCUT2D eigenvalue weighted by Crippen LogP contribution is 2.35. The summed E-state index contributed by atoms with van der Waals surface area (Å²) in [7, 11) is 0. The fourth-order valence-corrected chi connectivity index (χ4v) is 3.12. The van der Waals surface area contributed by atoms with Gasteiger partial charge >= 0.3 is 0 Å². The molecule has 1 saturated heterocycles. The molecule has 2 nitrogen and oxygen atoms in total. The molecule has 1 heterocycles. The highest BCUT2D eigenvalue weighted by molar-refractivity contribution is 5.32. The summed E-state index contributed by atoms with van der Waals surface area (Å²) < 4.78 is 6.14. The Morgan fingerprint density at radius 2 is 2.12 bits per heavy atom. The van der Waals surface area contributed by atoms with Crippen molar-refractivity contribution in [3.63, 3.8) is 0 Å². The van der Waals surface area contributed by atoms with Crippen molar-refractivity contribution >= 4 is 0 Å². The normalized spacial score (nSPS) is 31.2. The second-order valence-corrected chi connectivity index (χ2v) is 5.96. The number of hydrogen-bond donors (Lipinski definition) is 1. The Kier molecular flexibility index (Phi) is 2.72. The van der Waals surface area contributed by atoms with Crippen molar-refractivity contribution in [2.45, 2.75) is 50.8 Å². The Hall–Kier alpha value is -0.860. The number of fused-ring (bicyclic) bond motifs is 3. The predicted molar refractivity (Wildman–Crippen MR) is 69.1 cm³/mol. The number of nitrogens with one attached hydrogen (secondary N) is 1. The van der Waals surface area contributed by atoms with Gasteiger partial charge < -0.3 is 10.1 Å². The highest BCUT2D eigenvalue weighted by Gasteiger charge is 2.37. The summed E-state index contributed by atoms with van der Waals surface area (Å²) >= 11 is 0. The molecule has 0 aromatic heterocycles. The van der Waals surface area contributed by atoms with Crippen LogP contribution in [0.3, 0.4) is 0 Å². The summed E-state index contributed by atoms with van der Waals surface area (Å²) in [5, 5.41) is 3.75. The number of benzene rings is 1. The monoisotopic (exact) mass is 231 g/mol. The topological polar surface area (TPSA) is 21.3 Å². The van der Waals surface area contributed by atoms with Gasteiger partial charge in [-0.05, 0) is 44.2 Å². The number of rotatable bonds is 0. The molecule has 92 valence electrons. The van der Waals surface area contributed by atoms with Crippen LogP contribution in [0.1, 0.15) is 43.9 Å². The number of ether oxygens (including phenoxy) is 1. The van der Waals surface area contributed by atoms with Gasteiger partial charge in [0.1, 0.15) is 0 Å². The molecule has 17 heavy (non-hydrogen) atoms. The molecule has 2 heteroatoms. The fraction of sp³-hybridized carbons (Fsp3) is 0.600. The summed E-state index contributed by atoms with van der Waals surface area (Å²) in [4.78, 5) is 0. The van der Waals surface area contributed by atoms with Crippen LogP contribution in [0.4, 0.5) is 0 Å². The van der Waals surface area contributed by atoms with Gasteiger partial charge in [-0.2, -0.15) is 0 Å². The molecule has 0 spiro atoms. The molecule has 1 N–H and O–H groups in total. The minimum absolute atomic E-state index is 0.112. The van der Waals surface area contributed by atoms with Crippen LogP contribution in [-0.2, 0) is 11.2 Å². The van der Waals surface area contributed by atoms with Gasteiger partial charge in [0.25, 0.3) is 0 Å². The van der Waals surface area contributed by atoms with E-state index < -0.39 is 0 Å². The van der Waals surface area contributed by atoms with Gasteiger partial charge in [0, 0.05) is 11.6 Å². The van der Waals surface area contributed by atoms with Crippen LogP contribution in [0.15, 0.2) is 24.3 Å². The smallest absolute Gasteiger partial charge is 0.0981 e. The molecule has 2 aliphatic rings. The second-order valence-electron chi connectivity index (χ2n) is 5.96. The van der Waals surface area contributed by atoms with Crippen molar-refractivity contribution in [3.05, 3.63) is 35.4 Å². The maximum Gasteiger partial charge on any atom is 0.0981 e. The maximum absolute atomic E-state index is 6.14. The van der Waals surface area contributed by atoms with Crippen molar-refractivity contribution in [3.8, 4) is 0 Å². The van der Waals surface area contributed by atoms with Crippen LogP contribution in [0.5, 0.6) is 0 Å². The lowest BCUT2D eigenvalue weighted by molar-refractivity contribution is -0.0552. The van der Waals surface area contributed by atoms with Crippen LogP contribution < -0.4 is 5.32 Å². The van der Waals surface area contributed by atoms with Crippen LogP contribution in [0.2, 0.25) is 0 Å². The van der Waals surface area contributed by atoms with Gasteiger partial charge in [-0.15, -0.1) is 0 Å². The summed E-state index contributed by atoms with van der Waals surface area (Å²) in [6.45, 7) is 5.24. The van der Waals surface area contributed by atoms with E-state index in [1.807, 2.05) is 0 Å². The Labute approximate surface area is 103 Å². The molecule has 0 radical (unpaired) electrons. The van der Waals surface area contributed by atoms with E-state index in [-0.39, 0.29) is 11.6 Å². The molecule has 1 aliphatic heterocycles. The zero-order chi connectivity index (χ0) is 11.9. The number of aryl methyl sites for hydroxylation is 1. The Morgan fingerprint density at radius 3 is 3.00 bits per heavy atom. The first kappa shape index (κ1) is 11.2. The lowest BCUT2D eigenvalue weighted by Crippen LogP contribution is -2.56. The minimum Gasteiger partial charge on any atom is -0.370 e. The summed E-state index contributed by atoms with van der Waals surface area (Å²) in [6, 6.07) is 9.23. The number of morpholine rings is 1. The predicted octanol–water partition coefficient (Wildman–Crippen LogP) is 2.83. The third-order valence-electron chi connectivity index (χ3n) is 3.89. The maximum atomic E-state index is 6.14. The Morgan fingerprint density at radius 1 is 1.29 bits per heavy atom. The molecular weight excluding hydrogens is 210 g/mol. The van der Waals surface area contributed by atoms with E-state index in [9.17, 15) is 0 Å². The van der Waals surface area contributed by atoms with Crippen molar-refractivity contribution in [1.29, 1.82) is 0 Å². The Bertz CT molecular complexity index is 413. The number of hydrogen-bond acceptors (Lipinski definition) is 2. The quantitative estimate of drug-likeness (QED) is 0.741. The minimum atomic E-state index is 0.112. The van der Waals surface area contributed by atoms with Crippen molar-refractivity contribution in [2.24, 2.45) is 0 Å². The fourth-order valence-electron chi connectivity index (χ4n) is 3.12. The van der Waals surface area contributed by atoms with Crippen LogP contribution in [0.25, 0.3) is 0 Å². The van der Waals surface area contributed by atoms with Crippen molar-refractivity contribution in [2.75, 3.05) is 6.61 Å². The van der Waals surface area contributed by atoms with Crippen LogP contribution in [0, 0.1) is 0 Å². The van der Waals surface area contributed by atoms with Crippen LogP contribution in [-0.4, -0.2) is 18.2 Å². The van der Waals surface area contributed by atoms with E-state index in [4.69, 9.17) is 4.74 Å². The lowest BCUT2D eigenvalue weighted by Gasteiger charge is -2.42. The molecule has 3 rings (SSSR count). The summed E-state index contributed by atoms with van der Waals surface area (Å²) in [5.41, 5.74) is 2.99. The lowest BCUT2D eigenvalue weighted by atomic mass is 9.93. The van der Waals surface area contributed by atoms with E-state index in [2.05, 4.69) is 43.4 Å². The zero-order valence-corrected chi connectivity index (χ0v) is 10.7. The van der Waals surface area contributed by atoms with Gasteiger partial charge in [0.15, 0.2) is 0 Å². The average Bonchev–Trinajstić information content (AvgIpc) is 2.46. The largest absolute Gasteiger partial charge is 0.370 e. The molecule has 0 amide bonds. The first-order chi connectivity index (χ1) is 8.16. The molecule has 2 unspecified atom stereocenters. The molecule has 1 aliphatic carbocycles. The van der Waals surface area contributed by atoms with Crippen LogP contribution >= 0.6 is 0 Å². The third kappa shape index (κ3) is 2.12. The van der Waals surface area contributed by atoms with Gasteiger partial charge in [-0.25, -0.2) is 0 Å². The second kappa shape index (κ2) is 4.11. The van der Waals surface area contributed by atoms with Gasteiger partial charge in [0.05, 0.1) is 12.7 Å². The molecule has 0 saturated carbocycles. The van der Waals surface area contributed by atoms with E-state index >= 15 is 0 Å². The third-order valence-corrected chi connectivity index (χ3v) is 3.89. The SMILES string of the molecule is CC1(C)COC2c3ccccc3CCCC2N1. The first-order valence-electron chi connectivity index (χ1n) is 6.63. The van der Waals surface area contributed by atoms with Crippen molar-refractivity contribution < 1.29 is 4.74 Å². The van der Waals surface area contributed by atoms with Gasteiger partial charge in [0.2, 0.25) is 0 Å². The molecule has 1 aromatic rings. The molecule has 1 aromatic carbocycles. The highest BCUT2D eigenvalue weighted by atomic mass is 16.5.